The Hall–Kier alpha value is -2.11. The number of aldehydes is 1. The monoisotopic (exact) mass is 272 g/mol. The zero-order chi connectivity index (χ0) is 14.5. The van der Waals surface area contributed by atoms with Gasteiger partial charge in [-0.25, -0.2) is 0 Å². The molecule has 0 radical (unpaired) electrons. The van der Waals surface area contributed by atoms with Crippen LogP contribution in [-0.4, -0.2) is 19.4 Å². The zero-order valence-electron chi connectivity index (χ0n) is 10.0. The smallest absolute Gasteiger partial charge is 0.416 e. The lowest BCUT2D eigenvalue weighted by atomic mass is 10.0. The van der Waals surface area contributed by atoms with Crippen molar-refractivity contribution in [3.05, 3.63) is 41.0 Å². The molecule has 0 spiro atoms. The summed E-state index contributed by atoms with van der Waals surface area (Å²) in [6.07, 6.45) is -1.35. The van der Waals surface area contributed by atoms with Gasteiger partial charge in [0.05, 0.1) is 19.1 Å². The van der Waals surface area contributed by atoms with Crippen LogP contribution >= 0.6 is 0 Å². The van der Waals surface area contributed by atoms with Gasteiger partial charge < -0.3 is 4.74 Å². The van der Waals surface area contributed by atoms with Gasteiger partial charge in [0.15, 0.2) is 6.29 Å². The predicted molar refractivity (Wildman–Crippen MR) is 62.5 cm³/mol. The van der Waals surface area contributed by atoms with Gasteiger partial charge in [0.1, 0.15) is 0 Å². The number of carbonyl (C=O) groups is 2. The molecule has 1 aromatic carbocycles. The Morgan fingerprint density at radius 1 is 1.32 bits per heavy atom. The number of methoxy groups -OCH3 is 1. The molecule has 0 aliphatic rings. The van der Waals surface area contributed by atoms with E-state index in [0.717, 1.165) is 12.1 Å². The van der Waals surface area contributed by atoms with Crippen LogP contribution in [0.15, 0.2) is 24.3 Å². The fourth-order valence-corrected chi connectivity index (χ4v) is 1.37. The summed E-state index contributed by atoms with van der Waals surface area (Å²) in [5.74, 6) is -0.476. The molecule has 19 heavy (non-hydrogen) atoms. The molecule has 0 saturated carbocycles. The normalized spacial score (nSPS) is 11.6. The minimum Gasteiger partial charge on any atom is -0.469 e. The first-order chi connectivity index (χ1) is 8.88. The molecule has 0 saturated heterocycles. The van der Waals surface area contributed by atoms with Crippen LogP contribution in [-0.2, 0) is 15.7 Å². The number of ether oxygens (including phenoxy) is 1. The molecule has 1 aromatic rings. The molecule has 0 fully saturated rings. The fraction of sp³-hybridized carbons (Fsp3) is 0.231. The molecule has 0 heterocycles. The van der Waals surface area contributed by atoms with Crippen LogP contribution < -0.4 is 0 Å². The number of halogens is 3. The summed E-state index contributed by atoms with van der Waals surface area (Å²) in [6.45, 7) is 0. The van der Waals surface area contributed by atoms with Crippen molar-refractivity contribution in [2.24, 2.45) is 0 Å². The third-order valence-electron chi connectivity index (χ3n) is 2.35. The van der Waals surface area contributed by atoms with E-state index in [2.05, 4.69) is 4.74 Å². The maximum absolute atomic E-state index is 12.4. The van der Waals surface area contributed by atoms with E-state index in [1.807, 2.05) is 0 Å². The number of hydrogen-bond acceptors (Lipinski definition) is 3. The SMILES string of the molecule is COC(=O)CC=Cc1ccc(C(F)(F)F)cc1C=O. The lowest BCUT2D eigenvalue weighted by molar-refractivity contribution is -0.139. The first-order valence-corrected chi connectivity index (χ1v) is 5.28. The summed E-state index contributed by atoms with van der Waals surface area (Å²) in [5, 5.41) is 0. The Bertz CT molecular complexity index is 504. The van der Waals surface area contributed by atoms with Crippen molar-refractivity contribution in [1.29, 1.82) is 0 Å². The average molecular weight is 272 g/mol. The van der Waals surface area contributed by atoms with Gasteiger partial charge >= 0.3 is 12.1 Å². The molecule has 0 bridgehead atoms. The van der Waals surface area contributed by atoms with E-state index in [1.165, 1.54) is 25.3 Å². The highest BCUT2D eigenvalue weighted by Crippen LogP contribution is 2.30. The molecule has 3 nitrogen and oxygen atoms in total. The van der Waals surface area contributed by atoms with Crippen LogP contribution in [0.2, 0.25) is 0 Å². The number of hydrogen-bond donors (Lipinski definition) is 0. The predicted octanol–water partition coefficient (Wildman–Crippen LogP) is 3.09. The van der Waals surface area contributed by atoms with E-state index < -0.39 is 17.7 Å². The van der Waals surface area contributed by atoms with Gasteiger partial charge in [-0.1, -0.05) is 18.2 Å². The second kappa shape index (κ2) is 6.17. The van der Waals surface area contributed by atoms with Gasteiger partial charge in [-0.3, -0.25) is 9.59 Å². The summed E-state index contributed by atoms with van der Waals surface area (Å²) >= 11 is 0. The van der Waals surface area contributed by atoms with Crippen molar-refractivity contribution in [1.82, 2.24) is 0 Å². The third kappa shape index (κ3) is 4.24. The van der Waals surface area contributed by atoms with E-state index in [1.54, 1.807) is 0 Å². The Balaban J connectivity index is 2.97. The second-order valence-corrected chi connectivity index (χ2v) is 3.64. The molecule has 102 valence electrons. The number of carbonyl (C=O) groups excluding carboxylic acids is 2. The molecule has 1 rings (SSSR count). The van der Waals surface area contributed by atoms with Crippen LogP contribution in [0.4, 0.5) is 13.2 Å². The number of rotatable bonds is 4. The summed E-state index contributed by atoms with van der Waals surface area (Å²) < 4.78 is 41.7. The first-order valence-electron chi connectivity index (χ1n) is 5.28. The van der Waals surface area contributed by atoms with Crippen molar-refractivity contribution >= 4 is 18.3 Å². The van der Waals surface area contributed by atoms with Gasteiger partial charge in [-0.2, -0.15) is 13.2 Å². The summed E-state index contributed by atoms with van der Waals surface area (Å²) in [7, 11) is 1.23. The van der Waals surface area contributed by atoms with E-state index in [-0.39, 0.29) is 12.0 Å². The molecule has 0 aromatic heterocycles. The minimum atomic E-state index is -4.49. The van der Waals surface area contributed by atoms with Gasteiger partial charge in [0.2, 0.25) is 0 Å². The number of alkyl halides is 3. The van der Waals surface area contributed by atoms with Crippen LogP contribution in [0.25, 0.3) is 6.08 Å². The maximum atomic E-state index is 12.4. The Kier molecular flexibility index (Phi) is 4.86. The van der Waals surface area contributed by atoms with Crippen molar-refractivity contribution in [3.63, 3.8) is 0 Å². The van der Waals surface area contributed by atoms with Crippen LogP contribution in [0.5, 0.6) is 0 Å². The Morgan fingerprint density at radius 3 is 2.53 bits per heavy atom. The maximum Gasteiger partial charge on any atom is 0.416 e. The lowest BCUT2D eigenvalue weighted by Gasteiger charge is -2.08. The highest BCUT2D eigenvalue weighted by molar-refractivity contribution is 5.83. The minimum absolute atomic E-state index is 0.0180. The first kappa shape index (κ1) is 14.9. The van der Waals surface area contributed by atoms with E-state index in [0.29, 0.717) is 11.8 Å². The highest BCUT2D eigenvalue weighted by Gasteiger charge is 2.30. The van der Waals surface area contributed by atoms with Crippen LogP contribution in [0, 0.1) is 0 Å². The number of esters is 1. The molecule has 0 unspecified atom stereocenters. The molecular formula is C13H11F3O3. The second-order valence-electron chi connectivity index (χ2n) is 3.64. The Morgan fingerprint density at radius 2 is 2.00 bits per heavy atom. The van der Waals surface area contributed by atoms with Gasteiger partial charge in [-0.05, 0) is 17.7 Å². The van der Waals surface area contributed by atoms with Gasteiger partial charge in [0, 0.05) is 5.56 Å². The topological polar surface area (TPSA) is 43.4 Å². The van der Waals surface area contributed by atoms with E-state index >= 15 is 0 Å². The lowest BCUT2D eigenvalue weighted by Crippen LogP contribution is -2.06. The van der Waals surface area contributed by atoms with Crippen molar-refractivity contribution in [2.45, 2.75) is 12.6 Å². The third-order valence-corrected chi connectivity index (χ3v) is 2.35. The summed E-state index contributed by atoms with van der Waals surface area (Å²) in [6, 6.07) is 2.83. The van der Waals surface area contributed by atoms with Crippen molar-refractivity contribution in [3.8, 4) is 0 Å². The van der Waals surface area contributed by atoms with Crippen molar-refractivity contribution < 1.29 is 27.5 Å². The molecule has 0 amide bonds. The van der Waals surface area contributed by atoms with E-state index in [4.69, 9.17) is 0 Å². The summed E-state index contributed by atoms with van der Waals surface area (Å²) in [5.41, 5.74) is -0.664. The molecule has 0 N–H and O–H groups in total. The van der Waals surface area contributed by atoms with Gasteiger partial charge in [-0.15, -0.1) is 0 Å². The quantitative estimate of drug-likeness (QED) is 0.625. The van der Waals surface area contributed by atoms with Crippen LogP contribution in [0.3, 0.4) is 0 Å². The average Bonchev–Trinajstić information content (AvgIpc) is 2.37. The van der Waals surface area contributed by atoms with Gasteiger partial charge in [0.25, 0.3) is 0 Å². The highest BCUT2D eigenvalue weighted by atomic mass is 19.4. The molecule has 0 aliphatic heterocycles. The van der Waals surface area contributed by atoms with Crippen LogP contribution in [0.1, 0.15) is 27.9 Å². The molecule has 0 atom stereocenters. The van der Waals surface area contributed by atoms with E-state index in [9.17, 15) is 22.8 Å². The largest absolute Gasteiger partial charge is 0.469 e. The Labute approximate surface area is 107 Å². The zero-order valence-corrected chi connectivity index (χ0v) is 10.0. The number of benzene rings is 1. The summed E-state index contributed by atoms with van der Waals surface area (Å²) in [4.78, 5) is 21.6. The van der Waals surface area contributed by atoms with Crippen molar-refractivity contribution in [2.75, 3.05) is 7.11 Å². The molecule has 0 aliphatic carbocycles. The fourth-order valence-electron chi connectivity index (χ4n) is 1.37. The molecule has 6 heteroatoms. The molecular weight excluding hydrogens is 261 g/mol. The standard InChI is InChI=1S/C13H11F3O3/c1-19-12(18)4-2-3-9-5-6-11(13(14,15)16)7-10(9)8-17/h2-3,5-8H,4H2,1H3.